The SMILES string of the molecule is CCN(CC)C(=O)Cn1cc(C=C2C(=O)N(CC)c3ccc(S(=O)(=O)N4CCOCC4)cc32)c2cc(Br)ccc21. The Labute approximate surface area is 243 Å². The largest absolute Gasteiger partial charge is 0.379 e. The number of likely N-dealkylation sites (N-methyl/N-ethyl adjacent to an activating group) is 2. The summed E-state index contributed by atoms with van der Waals surface area (Å²) in [5, 5.41) is 0.885. The molecule has 0 bridgehead atoms. The summed E-state index contributed by atoms with van der Waals surface area (Å²) in [5.74, 6) is -0.171. The molecule has 0 N–H and O–H groups in total. The van der Waals surface area contributed by atoms with Gasteiger partial charge in [-0.15, -0.1) is 0 Å². The van der Waals surface area contributed by atoms with E-state index in [0.717, 1.165) is 20.9 Å². The normalized spacial score (nSPS) is 17.1. The number of benzene rings is 2. The van der Waals surface area contributed by atoms with E-state index in [4.69, 9.17) is 4.74 Å². The number of morpholine rings is 1. The van der Waals surface area contributed by atoms with E-state index in [9.17, 15) is 18.0 Å². The second kappa shape index (κ2) is 11.5. The molecule has 1 fully saturated rings. The highest BCUT2D eigenvalue weighted by molar-refractivity contribution is 9.10. The third-order valence-corrected chi connectivity index (χ3v) is 9.93. The average Bonchev–Trinajstić information content (AvgIpc) is 3.42. The number of halogens is 1. The van der Waals surface area contributed by atoms with Crippen LogP contribution >= 0.6 is 15.9 Å². The Kier molecular flexibility index (Phi) is 8.19. The van der Waals surface area contributed by atoms with Gasteiger partial charge in [0.2, 0.25) is 15.9 Å². The molecule has 40 heavy (non-hydrogen) atoms. The van der Waals surface area contributed by atoms with Crippen LogP contribution in [0.1, 0.15) is 31.9 Å². The molecule has 212 valence electrons. The van der Waals surface area contributed by atoms with Crippen LogP contribution in [0.25, 0.3) is 22.6 Å². The van der Waals surface area contributed by atoms with Crippen LogP contribution in [0.3, 0.4) is 0 Å². The van der Waals surface area contributed by atoms with Crippen molar-refractivity contribution in [2.24, 2.45) is 0 Å². The van der Waals surface area contributed by atoms with Crippen molar-refractivity contribution in [3.8, 4) is 0 Å². The van der Waals surface area contributed by atoms with Crippen molar-refractivity contribution >= 4 is 66.0 Å². The van der Waals surface area contributed by atoms with Crippen molar-refractivity contribution in [1.82, 2.24) is 13.8 Å². The van der Waals surface area contributed by atoms with Crippen LogP contribution in [-0.2, 0) is 30.9 Å². The molecule has 2 aliphatic rings. The maximum Gasteiger partial charge on any atom is 0.258 e. The number of hydrogen-bond donors (Lipinski definition) is 0. The third-order valence-electron chi connectivity index (χ3n) is 7.54. The lowest BCUT2D eigenvalue weighted by atomic mass is 10.0. The molecule has 0 unspecified atom stereocenters. The van der Waals surface area contributed by atoms with Crippen LogP contribution < -0.4 is 4.90 Å². The summed E-state index contributed by atoms with van der Waals surface area (Å²) in [6.07, 6.45) is 3.70. The number of nitrogens with zero attached hydrogens (tertiary/aromatic N) is 4. The van der Waals surface area contributed by atoms with Crippen molar-refractivity contribution in [2.45, 2.75) is 32.2 Å². The highest BCUT2D eigenvalue weighted by atomic mass is 79.9. The Morgan fingerprint density at radius 1 is 1.07 bits per heavy atom. The zero-order chi connectivity index (χ0) is 28.6. The van der Waals surface area contributed by atoms with Gasteiger partial charge in [0, 0.05) is 71.0 Å². The van der Waals surface area contributed by atoms with E-state index in [-0.39, 0.29) is 23.3 Å². The van der Waals surface area contributed by atoms with E-state index in [1.54, 1.807) is 28.0 Å². The smallest absolute Gasteiger partial charge is 0.258 e. The average molecular weight is 630 g/mol. The fourth-order valence-electron chi connectivity index (χ4n) is 5.41. The molecule has 1 aromatic heterocycles. The first-order valence-corrected chi connectivity index (χ1v) is 15.7. The molecule has 2 aromatic carbocycles. The van der Waals surface area contributed by atoms with Gasteiger partial charge in [0.05, 0.1) is 23.8 Å². The lowest BCUT2D eigenvalue weighted by molar-refractivity contribution is -0.131. The topological polar surface area (TPSA) is 92.2 Å². The van der Waals surface area contributed by atoms with Gasteiger partial charge in [0.25, 0.3) is 5.91 Å². The van der Waals surface area contributed by atoms with Crippen molar-refractivity contribution in [2.75, 3.05) is 50.8 Å². The first-order chi connectivity index (χ1) is 19.2. The number of rotatable bonds is 8. The molecule has 3 heterocycles. The monoisotopic (exact) mass is 628 g/mol. The van der Waals surface area contributed by atoms with Crippen LogP contribution in [0.2, 0.25) is 0 Å². The number of carbonyl (C=O) groups is 2. The minimum Gasteiger partial charge on any atom is -0.379 e. The minimum atomic E-state index is -3.74. The third kappa shape index (κ3) is 5.11. The standard InChI is InChI=1S/C29H33BrN4O5S/c1-4-31(5-2)28(35)19-32-18-20(23-16-21(30)7-9-26(23)32)15-25-24-17-22(8-10-27(24)34(6-3)29(25)36)40(37,38)33-11-13-39-14-12-33/h7-10,15-18H,4-6,11-14,19H2,1-3H3. The molecule has 1 saturated heterocycles. The highest BCUT2D eigenvalue weighted by Gasteiger charge is 2.34. The zero-order valence-electron chi connectivity index (χ0n) is 22.9. The van der Waals surface area contributed by atoms with Crippen LogP contribution in [0.5, 0.6) is 0 Å². The summed E-state index contributed by atoms with van der Waals surface area (Å²) in [6.45, 7) is 8.99. The Balaban J connectivity index is 1.61. The van der Waals surface area contributed by atoms with Crippen LogP contribution in [0.15, 0.2) is 52.0 Å². The van der Waals surface area contributed by atoms with Crippen molar-refractivity contribution in [3.63, 3.8) is 0 Å². The summed E-state index contributed by atoms with van der Waals surface area (Å²) in [6, 6.07) is 10.7. The van der Waals surface area contributed by atoms with E-state index in [0.29, 0.717) is 62.8 Å². The molecule has 11 heteroatoms. The van der Waals surface area contributed by atoms with Crippen molar-refractivity contribution in [3.05, 3.63) is 58.2 Å². The molecular formula is C29H33BrN4O5S. The van der Waals surface area contributed by atoms with Gasteiger partial charge in [-0.25, -0.2) is 8.42 Å². The fourth-order valence-corrected chi connectivity index (χ4v) is 7.20. The Morgan fingerprint density at radius 2 is 1.80 bits per heavy atom. The van der Waals surface area contributed by atoms with Gasteiger partial charge < -0.3 is 19.1 Å². The highest BCUT2D eigenvalue weighted by Crippen LogP contribution is 2.40. The number of fused-ring (bicyclic) bond motifs is 2. The number of anilines is 1. The van der Waals surface area contributed by atoms with Gasteiger partial charge in [-0.2, -0.15) is 4.31 Å². The fraction of sp³-hybridized carbons (Fsp3) is 0.379. The Hall–Kier alpha value is -2.99. The second-order valence-corrected chi connectivity index (χ2v) is 12.6. The van der Waals surface area contributed by atoms with Crippen LogP contribution in [0, 0.1) is 0 Å². The molecule has 0 aliphatic carbocycles. The molecule has 3 aromatic rings. The number of sulfonamides is 1. The molecule has 2 amide bonds. The van der Waals surface area contributed by atoms with Crippen LogP contribution in [-0.4, -0.2) is 79.9 Å². The van der Waals surface area contributed by atoms with Gasteiger partial charge in [0.1, 0.15) is 6.54 Å². The Morgan fingerprint density at radius 3 is 2.48 bits per heavy atom. The van der Waals surface area contributed by atoms with Gasteiger partial charge in [-0.05, 0) is 63.2 Å². The lowest BCUT2D eigenvalue weighted by Gasteiger charge is -2.26. The molecule has 0 saturated carbocycles. The predicted octanol–water partition coefficient (Wildman–Crippen LogP) is 4.20. The van der Waals surface area contributed by atoms with Gasteiger partial charge in [-0.3, -0.25) is 9.59 Å². The second-order valence-electron chi connectivity index (χ2n) is 9.74. The molecule has 9 nitrogen and oxygen atoms in total. The van der Waals surface area contributed by atoms with Gasteiger partial charge in [-0.1, -0.05) is 15.9 Å². The van der Waals surface area contributed by atoms with Crippen molar-refractivity contribution in [1.29, 1.82) is 0 Å². The summed E-state index contributed by atoms with van der Waals surface area (Å²) in [5.41, 5.74) is 3.33. The summed E-state index contributed by atoms with van der Waals surface area (Å²) >= 11 is 3.55. The van der Waals surface area contributed by atoms with Crippen LogP contribution in [0.4, 0.5) is 5.69 Å². The zero-order valence-corrected chi connectivity index (χ0v) is 25.3. The molecular weight excluding hydrogens is 596 g/mol. The van der Waals surface area contributed by atoms with E-state index in [1.165, 1.54) is 4.31 Å². The maximum atomic E-state index is 13.6. The number of amides is 2. The molecule has 5 rings (SSSR count). The number of hydrogen-bond acceptors (Lipinski definition) is 5. The number of aromatic nitrogens is 1. The first kappa shape index (κ1) is 28.5. The minimum absolute atomic E-state index is 0.0152. The van der Waals surface area contributed by atoms with E-state index >= 15 is 0 Å². The van der Waals surface area contributed by atoms with Crippen molar-refractivity contribution < 1.29 is 22.7 Å². The Bertz CT molecular complexity index is 1600. The van der Waals surface area contributed by atoms with E-state index in [1.807, 2.05) is 55.8 Å². The number of ether oxygens (including phenoxy) is 1. The van der Waals surface area contributed by atoms with Gasteiger partial charge in [0.15, 0.2) is 0 Å². The maximum absolute atomic E-state index is 13.6. The van der Waals surface area contributed by atoms with E-state index in [2.05, 4.69) is 15.9 Å². The van der Waals surface area contributed by atoms with Gasteiger partial charge >= 0.3 is 0 Å². The summed E-state index contributed by atoms with van der Waals surface area (Å²) in [7, 11) is -3.74. The first-order valence-electron chi connectivity index (χ1n) is 13.5. The molecule has 0 radical (unpaired) electrons. The predicted molar refractivity (Wildman–Crippen MR) is 159 cm³/mol. The molecule has 2 aliphatic heterocycles. The summed E-state index contributed by atoms with van der Waals surface area (Å²) in [4.78, 5) is 30.2. The molecule has 0 atom stereocenters. The van der Waals surface area contributed by atoms with E-state index < -0.39 is 10.0 Å². The lowest BCUT2D eigenvalue weighted by Crippen LogP contribution is -2.40. The number of carbonyl (C=O) groups excluding carboxylic acids is 2. The quantitative estimate of drug-likeness (QED) is 0.349. The summed E-state index contributed by atoms with van der Waals surface area (Å²) < 4.78 is 36.4. The molecule has 0 spiro atoms.